The van der Waals surface area contributed by atoms with Crippen LogP contribution in [0, 0.1) is 0 Å². The van der Waals surface area contributed by atoms with Gasteiger partial charge in [0.2, 0.25) is 11.0 Å². The van der Waals surface area contributed by atoms with E-state index in [0.717, 1.165) is 16.9 Å². The summed E-state index contributed by atoms with van der Waals surface area (Å²) >= 11 is 2.34. The average molecular weight is 498 g/mol. The van der Waals surface area contributed by atoms with Crippen LogP contribution < -0.4 is 20.1 Å². The van der Waals surface area contributed by atoms with Crippen LogP contribution in [0.2, 0.25) is 0 Å². The Morgan fingerprint density at radius 3 is 2.62 bits per heavy atom. The van der Waals surface area contributed by atoms with E-state index in [2.05, 4.69) is 26.0 Å². The second kappa shape index (κ2) is 10.8. The molecule has 0 spiro atoms. The number of nitrogens with zero attached hydrogens (tertiary/aromatic N) is 3. The molecule has 10 nitrogen and oxygen atoms in total. The Morgan fingerprint density at radius 2 is 1.85 bits per heavy atom. The molecule has 0 radical (unpaired) electrons. The Hall–Kier alpha value is -3.90. The number of amides is 2. The summed E-state index contributed by atoms with van der Waals surface area (Å²) in [4.78, 5) is 24.8. The second-order valence-electron chi connectivity index (χ2n) is 6.67. The van der Waals surface area contributed by atoms with Crippen molar-refractivity contribution >= 4 is 45.7 Å². The lowest BCUT2D eigenvalue weighted by Gasteiger charge is -2.11. The van der Waals surface area contributed by atoms with Gasteiger partial charge in [0.05, 0.1) is 25.7 Å². The zero-order chi connectivity index (χ0) is 23.9. The van der Waals surface area contributed by atoms with E-state index >= 15 is 0 Å². The minimum absolute atomic E-state index is 0.0899. The van der Waals surface area contributed by atoms with Gasteiger partial charge in [-0.1, -0.05) is 58.6 Å². The van der Waals surface area contributed by atoms with Gasteiger partial charge in [0.15, 0.2) is 15.8 Å². The van der Waals surface area contributed by atoms with E-state index in [1.54, 1.807) is 31.4 Å². The molecule has 0 fully saturated rings. The number of carbonyl (C=O) groups excluding carboxylic acids is 2. The highest BCUT2D eigenvalue weighted by atomic mass is 32.2. The van der Waals surface area contributed by atoms with Gasteiger partial charge in [-0.15, -0.1) is 10.2 Å². The number of hydrogen-bond acceptors (Lipinski definition) is 10. The Bertz CT molecular complexity index is 1290. The molecule has 12 heteroatoms. The highest BCUT2D eigenvalue weighted by molar-refractivity contribution is 8.01. The molecule has 0 unspecified atom stereocenters. The number of nitrogens with one attached hydrogen (secondary N) is 2. The third kappa shape index (κ3) is 5.71. The van der Waals surface area contributed by atoms with Crippen LogP contribution in [0.4, 0.5) is 10.8 Å². The average Bonchev–Trinajstić information content (AvgIpc) is 3.53. The number of aromatic nitrogens is 3. The molecule has 0 aliphatic rings. The van der Waals surface area contributed by atoms with Gasteiger partial charge in [0, 0.05) is 17.7 Å². The van der Waals surface area contributed by atoms with Crippen molar-refractivity contribution in [3.05, 3.63) is 60.3 Å². The van der Waals surface area contributed by atoms with E-state index in [4.69, 9.17) is 14.0 Å². The maximum Gasteiger partial charge on any atom is 0.279 e. The van der Waals surface area contributed by atoms with E-state index in [0.29, 0.717) is 27.3 Å². The molecule has 2 aromatic heterocycles. The molecule has 34 heavy (non-hydrogen) atoms. The van der Waals surface area contributed by atoms with Crippen molar-refractivity contribution in [1.29, 1.82) is 0 Å². The van der Waals surface area contributed by atoms with Crippen molar-refractivity contribution in [2.45, 2.75) is 4.34 Å². The first-order chi connectivity index (χ1) is 16.6. The normalized spacial score (nSPS) is 10.5. The summed E-state index contributed by atoms with van der Waals surface area (Å²) in [6, 6.07) is 16.0. The summed E-state index contributed by atoms with van der Waals surface area (Å²) in [6.45, 7) is 0. The van der Waals surface area contributed by atoms with Crippen molar-refractivity contribution in [1.82, 2.24) is 15.4 Å². The topological polar surface area (TPSA) is 128 Å². The van der Waals surface area contributed by atoms with Crippen LogP contribution in [0.1, 0.15) is 10.5 Å². The number of anilines is 2. The van der Waals surface area contributed by atoms with Crippen LogP contribution in [-0.4, -0.2) is 47.1 Å². The highest BCUT2D eigenvalue weighted by Crippen LogP contribution is 2.30. The smallest absolute Gasteiger partial charge is 0.279 e. The van der Waals surface area contributed by atoms with Crippen molar-refractivity contribution in [2.24, 2.45) is 0 Å². The van der Waals surface area contributed by atoms with Gasteiger partial charge < -0.3 is 19.3 Å². The van der Waals surface area contributed by atoms with Crippen molar-refractivity contribution in [3.8, 4) is 22.8 Å². The first kappa shape index (κ1) is 23.3. The fourth-order valence-corrected chi connectivity index (χ4v) is 4.37. The number of carbonyl (C=O) groups is 2. The molecular weight excluding hydrogens is 478 g/mol. The molecule has 4 rings (SSSR count). The first-order valence-corrected chi connectivity index (χ1v) is 11.7. The lowest BCUT2D eigenvalue weighted by molar-refractivity contribution is -0.113. The molecule has 0 aliphatic carbocycles. The third-order valence-corrected chi connectivity index (χ3v) is 6.41. The van der Waals surface area contributed by atoms with Gasteiger partial charge in [-0.3, -0.25) is 14.9 Å². The molecule has 2 heterocycles. The number of methoxy groups -OCH3 is 2. The molecule has 0 aliphatic heterocycles. The minimum Gasteiger partial charge on any atom is -0.497 e. The van der Waals surface area contributed by atoms with Gasteiger partial charge in [0.1, 0.15) is 11.5 Å². The summed E-state index contributed by atoms with van der Waals surface area (Å²) in [6.07, 6.45) is 0. The van der Waals surface area contributed by atoms with Gasteiger partial charge >= 0.3 is 0 Å². The SMILES string of the molecule is COc1ccc(OC)c(NC(=O)CSc2nnc(NC(=O)c3cc(-c4ccccc4)on3)s2)c1. The number of rotatable bonds is 9. The molecular formula is C22H19N5O5S2. The molecule has 0 saturated carbocycles. The van der Waals surface area contributed by atoms with E-state index in [1.807, 2.05) is 30.3 Å². The van der Waals surface area contributed by atoms with Gasteiger partial charge in [-0.2, -0.15) is 0 Å². The third-order valence-electron chi connectivity index (χ3n) is 4.44. The Morgan fingerprint density at radius 1 is 1.03 bits per heavy atom. The van der Waals surface area contributed by atoms with E-state index in [-0.39, 0.29) is 22.5 Å². The van der Waals surface area contributed by atoms with Crippen LogP contribution in [0.15, 0.2) is 63.5 Å². The fraction of sp³-hybridized carbons (Fsp3) is 0.136. The van der Waals surface area contributed by atoms with Crippen molar-refractivity contribution in [2.75, 3.05) is 30.6 Å². The molecule has 174 valence electrons. The first-order valence-electron chi connectivity index (χ1n) is 9.87. The molecule has 2 N–H and O–H groups in total. The monoisotopic (exact) mass is 497 g/mol. The van der Waals surface area contributed by atoms with E-state index in [1.165, 1.54) is 18.9 Å². The molecule has 0 saturated heterocycles. The number of hydrogen-bond donors (Lipinski definition) is 2. The van der Waals surface area contributed by atoms with Gasteiger partial charge in [-0.05, 0) is 12.1 Å². The van der Waals surface area contributed by atoms with Crippen LogP contribution in [0.25, 0.3) is 11.3 Å². The number of ether oxygens (including phenoxy) is 2. The van der Waals surface area contributed by atoms with E-state index < -0.39 is 5.91 Å². The molecule has 0 atom stereocenters. The Kier molecular flexibility index (Phi) is 7.40. The largest absolute Gasteiger partial charge is 0.497 e. The molecule has 0 bridgehead atoms. The lowest BCUT2D eigenvalue weighted by atomic mass is 10.1. The number of thioether (sulfide) groups is 1. The van der Waals surface area contributed by atoms with Crippen LogP contribution in [-0.2, 0) is 4.79 Å². The molecule has 2 amide bonds. The van der Waals surface area contributed by atoms with Gasteiger partial charge in [0.25, 0.3) is 5.91 Å². The Labute approximate surface area is 202 Å². The maximum atomic E-state index is 12.5. The summed E-state index contributed by atoms with van der Waals surface area (Å²) in [5, 5.41) is 17.5. The van der Waals surface area contributed by atoms with Gasteiger partial charge in [-0.25, -0.2) is 0 Å². The van der Waals surface area contributed by atoms with Crippen LogP contribution in [0.3, 0.4) is 0 Å². The van der Waals surface area contributed by atoms with Crippen molar-refractivity contribution in [3.63, 3.8) is 0 Å². The zero-order valence-electron chi connectivity index (χ0n) is 18.1. The summed E-state index contributed by atoms with van der Waals surface area (Å²) in [5.41, 5.74) is 1.43. The summed E-state index contributed by atoms with van der Waals surface area (Å²) < 4.78 is 16.2. The summed E-state index contributed by atoms with van der Waals surface area (Å²) in [5.74, 6) is 0.958. The van der Waals surface area contributed by atoms with Crippen LogP contribution in [0.5, 0.6) is 11.5 Å². The predicted octanol–water partition coefficient (Wildman–Crippen LogP) is 4.19. The highest BCUT2D eigenvalue weighted by Gasteiger charge is 2.17. The maximum absolute atomic E-state index is 12.5. The standard InChI is InChI=1S/C22H19N5O5S2/c1-30-14-8-9-17(31-2)15(10-14)23-19(28)12-33-22-26-25-21(34-22)24-20(29)16-11-18(32-27-16)13-6-4-3-5-7-13/h3-11H,12H2,1-2H3,(H,23,28)(H,24,25,29). The number of benzene rings is 2. The Balaban J connectivity index is 1.31. The minimum atomic E-state index is -0.471. The molecule has 2 aromatic carbocycles. The van der Waals surface area contributed by atoms with Crippen LogP contribution >= 0.6 is 23.1 Å². The fourth-order valence-electron chi connectivity index (χ4n) is 2.83. The molecule has 4 aromatic rings. The van der Waals surface area contributed by atoms with Crippen molar-refractivity contribution < 1.29 is 23.6 Å². The lowest BCUT2D eigenvalue weighted by Crippen LogP contribution is -2.14. The quantitative estimate of drug-likeness (QED) is 0.258. The second-order valence-corrected chi connectivity index (χ2v) is 8.87. The van der Waals surface area contributed by atoms with E-state index in [9.17, 15) is 9.59 Å². The zero-order valence-corrected chi connectivity index (χ0v) is 19.7. The summed E-state index contributed by atoms with van der Waals surface area (Å²) in [7, 11) is 3.06. The predicted molar refractivity (Wildman–Crippen MR) is 129 cm³/mol.